The SMILES string of the molecule is Cc1cc2nc(COC3CN(Cc4nccs4)CC3F)[nH]c2cc1C. The van der Waals surface area contributed by atoms with E-state index < -0.39 is 12.3 Å². The topological polar surface area (TPSA) is 54.0 Å². The maximum atomic E-state index is 14.3. The van der Waals surface area contributed by atoms with E-state index in [9.17, 15) is 4.39 Å². The average Bonchev–Trinajstić information content (AvgIpc) is 3.27. The average molecular weight is 360 g/mol. The van der Waals surface area contributed by atoms with Crippen LogP contribution < -0.4 is 0 Å². The maximum Gasteiger partial charge on any atom is 0.140 e. The Morgan fingerprint density at radius 3 is 2.96 bits per heavy atom. The predicted molar refractivity (Wildman–Crippen MR) is 96.4 cm³/mol. The van der Waals surface area contributed by atoms with Gasteiger partial charge < -0.3 is 9.72 Å². The molecule has 132 valence electrons. The molecule has 0 bridgehead atoms. The van der Waals surface area contributed by atoms with E-state index in [0.29, 0.717) is 26.2 Å². The number of rotatable bonds is 5. The Labute approximate surface area is 149 Å². The van der Waals surface area contributed by atoms with Crippen molar-refractivity contribution in [2.75, 3.05) is 13.1 Å². The molecule has 2 aromatic heterocycles. The molecular weight excluding hydrogens is 339 g/mol. The summed E-state index contributed by atoms with van der Waals surface area (Å²) >= 11 is 1.60. The van der Waals surface area contributed by atoms with Gasteiger partial charge in [-0.05, 0) is 37.1 Å². The number of imidazole rings is 1. The van der Waals surface area contributed by atoms with Crippen molar-refractivity contribution in [1.82, 2.24) is 19.9 Å². The van der Waals surface area contributed by atoms with Crippen LogP contribution in [0.25, 0.3) is 11.0 Å². The van der Waals surface area contributed by atoms with Gasteiger partial charge in [0.2, 0.25) is 0 Å². The Morgan fingerprint density at radius 1 is 1.32 bits per heavy atom. The molecule has 2 unspecified atom stereocenters. The van der Waals surface area contributed by atoms with Crippen molar-refractivity contribution >= 4 is 22.4 Å². The van der Waals surface area contributed by atoms with Crippen LogP contribution in [0.3, 0.4) is 0 Å². The van der Waals surface area contributed by atoms with Gasteiger partial charge >= 0.3 is 0 Å². The lowest BCUT2D eigenvalue weighted by Crippen LogP contribution is -2.24. The molecular formula is C18H21FN4OS. The van der Waals surface area contributed by atoms with Crippen LogP contribution >= 0.6 is 11.3 Å². The van der Waals surface area contributed by atoms with Crippen LogP contribution in [0.15, 0.2) is 23.7 Å². The Bertz CT molecular complexity index is 824. The predicted octanol–water partition coefficient (Wildman–Crippen LogP) is 3.38. The van der Waals surface area contributed by atoms with Crippen LogP contribution in [0, 0.1) is 13.8 Å². The molecule has 1 aliphatic rings. The molecule has 1 N–H and O–H groups in total. The molecule has 0 aliphatic carbocycles. The molecule has 25 heavy (non-hydrogen) atoms. The summed E-state index contributed by atoms with van der Waals surface area (Å²) in [4.78, 5) is 14.1. The molecule has 1 aromatic carbocycles. The summed E-state index contributed by atoms with van der Waals surface area (Å²) in [7, 11) is 0. The fourth-order valence-electron chi connectivity index (χ4n) is 3.19. The van der Waals surface area contributed by atoms with E-state index in [2.05, 4.69) is 45.8 Å². The number of thiazole rings is 1. The highest BCUT2D eigenvalue weighted by molar-refractivity contribution is 7.09. The van der Waals surface area contributed by atoms with Crippen molar-refractivity contribution in [3.63, 3.8) is 0 Å². The lowest BCUT2D eigenvalue weighted by molar-refractivity contribution is 0.00863. The molecule has 3 aromatic rings. The van der Waals surface area contributed by atoms with Crippen molar-refractivity contribution < 1.29 is 9.13 Å². The second-order valence-electron chi connectivity index (χ2n) is 6.62. The minimum Gasteiger partial charge on any atom is -0.366 e. The van der Waals surface area contributed by atoms with E-state index in [4.69, 9.17) is 4.74 Å². The van der Waals surface area contributed by atoms with E-state index in [-0.39, 0.29) is 0 Å². The number of alkyl halides is 1. The second-order valence-corrected chi connectivity index (χ2v) is 7.60. The van der Waals surface area contributed by atoms with E-state index in [1.54, 1.807) is 17.5 Å². The third-order valence-corrected chi connectivity index (χ3v) is 5.46. The standard InChI is InChI=1S/C18H21FN4OS/c1-11-5-14-15(6-12(11)2)22-17(21-14)10-24-16-8-23(7-13(16)19)9-18-20-3-4-25-18/h3-6,13,16H,7-10H2,1-2H3,(H,21,22). The van der Waals surface area contributed by atoms with E-state index in [0.717, 1.165) is 21.9 Å². The van der Waals surface area contributed by atoms with Crippen molar-refractivity contribution in [3.05, 3.63) is 45.7 Å². The highest BCUT2D eigenvalue weighted by atomic mass is 32.1. The van der Waals surface area contributed by atoms with Crippen molar-refractivity contribution in [1.29, 1.82) is 0 Å². The summed E-state index contributed by atoms with van der Waals surface area (Å²) in [6, 6.07) is 4.15. The number of nitrogens with zero attached hydrogens (tertiary/aromatic N) is 3. The number of H-pyrrole nitrogens is 1. The largest absolute Gasteiger partial charge is 0.366 e. The summed E-state index contributed by atoms with van der Waals surface area (Å²) in [5.74, 6) is 0.741. The first-order valence-corrected chi connectivity index (χ1v) is 9.28. The van der Waals surface area contributed by atoms with Gasteiger partial charge in [0.05, 0.1) is 17.6 Å². The molecule has 7 heteroatoms. The van der Waals surface area contributed by atoms with E-state index in [1.807, 2.05) is 5.38 Å². The number of benzene rings is 1. The van der Waals surface area contributed by atoms with E-state index in [1.165, 1.54) is 11.1 Å². The zero-order valence-corrected chi connectivity index (χ0v) is 15.1. The molecule has 4 rings (SSSR count). The third-order valence-electron chi connectivity index (χ3n) is 4.70. The van der Waals surface area contributed by atoms with Crippen LogP contribution in [0.4, 0.5) is 4.39 Å². The lowest BCUT2D eigenvalue weighted by Gasteiger charge is -2.14. The summed E-state index contributed by atoms with van der Waals surface area (Å²) < 4.78 is 20.1. The number of aryl methyl sites for hydroxylation is 2. The molecule has 1 fully saturated rings. The van der Waals surface area contributed by atoms with Gasteiger partial charge in [-0.15, -0.1) is 11.3 Å². The first-order chi connectivity index (χ1) is 12.1. The normalized spacial score (nSPS) is 21.4. The van der Waals surface area contributed by atoms with Gasteiger partial charge in [0, 0.05) is 24.7 Å². The quantitative estimate of drug-likeness (QED) is 0.758. The fourth-order valence-corrected chi connectivity index (χ4v) is 3.85. The molecule has 0 saturated carbocycles. The molecule has 3 heterocycles. The Balaban J connectivity index is 1.38. The zero-order valence-electron chi connectivity index (χ0n) is 14.3. The summed E-state index contributed by atoms with van der Waals surface area (Å²) in [5, 5.41) is 2.95. The van der Waals surface area contributed by atoms with E-state index >= 15 is 0 Å². The van der Waals surface area contributed by atoms with Gasteiger partial charge in [-0.3, -0.25) is 4.90 Å². The highest BCUT2D eigenvalue weighted by Crippen LogP contribution is 2.22. The number of nitrogens with one attached hydrogen (secondary N) is 1. The first-order valence-electron chi connectivity index (χ1n) is 8.41. The van der Waals surface area contributed by atoms with Crippen LogP contribution in [-0.4, -0.2) is 45.2 Å². The third kappa shape index (κ3) is 3.58. The smallest absolute Gasteiger partial charge is 0.140 e. The van der Waals surface area contributed by atoms with Gasteiger partial charge in [0.15, 0.2) is 0 Å². The number of ether oxygens (including phenoxy) is 1. The molecule has 1 saturated heterocycles. The molecule has 5 nitrogen and oxygen atoms in total. The lowest BCUT2D eigenvalue weighted by atomic mass is 10.1. The summed E-state index contributed by atoms with van der Waals surface area (Å²) in [5.41, 5.74) is 4.36. The molecule has 1 aliphatic heterocycles. The van der Waals surface area contributed by atoms with Crippen LogP contribution in [-0.2, 0) is 17.9 Å². The van der Waals surface area contributed by atoms with Crippen LogP contribution in [0.2, 0.25) is 0 Å². The number of hydrogen-bond donors (Lipinski definition) is 1. The minimum absolute atomic E-state index is 0.295. The number of fused-ring (bicyclic) bond motifs is 1. The number of aromatic nitrogens is 3. The maximum absolute atomic E-state index is 14.3. The zero-order chi connectivity index (χ0) is 17.4. The molecule has 0 radical (unpaired) electrons. The van der Waals surface area contributed by atoms with Crippen molar-refractivity contribution in [2.45, 2.75) is 39.3 Å². The minimum atomic E-state index is -0.978. The fraction of sp³-hybridized carbons (Fsp3) is 0.444. The molecule has 2 atom stereocenters. The number of likely N-dealkylation sites (tertiary alicyclic amines) is 1. The van der Waals surface area contributed by atoms with Gasteiger partial charge in [0.25, 0.3) is 0 Å². The Morgan fingerprint density at radius 2 is 2.16 bits per heavy atom. The van der Waals surface area contributed by atoms with Gasteiger partial charge in [-0.2, -0.15) is 0 Å². The Hall–Kier alpha value is -1.83. The monoisotopic (exact) mass is 360 g/mol. The van der Waals surface area contributed by atoms with Gasteiger partial charge in [-0.1, -0.05) is 0 Å². The van der Waals surface area contributed by atoms with Gasteiger partial charge in [0.1, 0.15) is 29.7 Å². The summed E-state index contributed by atoms with van der Waals surface area (Å²) in [6.07, 6.45) is 0.382. The number of hydrogen-bond acceptors (Lipinski definition) is 5. The highest BCUT2D eigenvalue weighted by Gasteiger charge is 2.34. The van der Waals surface area contributed by atoms with Gasteiger partial charge in [-0.25, -0.2) is 14.4 Å². The first kappa shape index (κ1) is 16.6. The number of halogens is 1. The van der Waals surface area contributed by atoms with Crippen molar-refractivity contribution in [3.8, 4) is 0 Å². The Kier molecular flexibility index (Phi) is 4.54. The van der Waals surface area contributed by atoms with Crippen LogP contribution in [0.5, 0.6) is 0 Å². The second kappa shape index (κ2) is 6.82. The molecule has 0 amide bonds. The number of aromatic amines is 1. The summed E-state index contributed by atoms with van der Waals surface area (Å²) in [6.45, 7) is 6.10. The van der Waals surface area contributed by atoms with Crippen molar-refractivity contribution in [2.24, 2.45) is 0 Å². The van der Waals surface area contributed by atoms with Crippen LogP contribution in [0.1, 0.15) is 22.0 Å². The molecule has 0 spiro atoms.